The summed E-state index contributed by atoms with van der Waals surface area (Å²) < 4.78 is 18.7. The number of halogens is 1. The van der Waals surface area contributed by atoms with Crippen LogP contribution in [0.1, 0.15) is 22.3 Å². The molecule has 4 nitrogen and oxygen atoms in total. The predicted molar refractivity (Wildman–Crippen MR) is 99.7 cm³/mol. The number of nitrogens with one attached hydrogen (secondary N) is 1. The minimum absolute atomic E-state index is 0.0289. The van der Waals surface area contributed by atoms with Gasteiger partial charge in [0.2, 0.25) is 0 Å². The molecule has 132 valence electrons. The maximum atomic E-state index is 13.4. The Hall–Kier alpha value is -3.08. The van der Waals surface area contributed by atoms with Crippen LogP contribution in [0.4, 0.5) is 4.39 Å². The zero-order valence-electron chi connectivity index (χ0n) is 14.5. The van der Waals surface area contributed by atoms with Gasteiger partial charge in [-0.1, -0.05) is 18.2 Å². The summed E-state index contributed by atoms with van der Waals surface area (Å²) in [5, 5.41) is 1.00. The van der Waals surface area contributed by atoms with Crippen molar-refractivity contribution < 1.29 is 13.9 Å². The molecule has 1 aliphatic heterocycles. The number of hydrogen-bond donors (Lipinski definition) is 1. The van der Waals surface area contributed by atoms with E-state index in [0.717, 1.165) is 22.9 Å². The molecule has 2 heterocycles. The first-order chi connectivity index (χ1) is 12.7. The van der Waals surface area contributed by atoms with Gasteiger partial charge in [0.25, 0.3) is 5.91 Å². The van der Waals surface area contributed by atoms with E-state index in [4.69, 9.17) is 4.74 Å². The number of nitrogens with zero attached hydrogens (tertiary/aromatic N) is 1. The Morgan fingerprint density at radius 2 is 2.08 bits per heavy atom. The van der Waals surface area contributed by atoms with Crippen LogP contribution in [0, 0.1) is 5.82 Å². The normalized spacial score (nSPS) is 14.4. The van der Waals surface area contributed by atoms with Crippen LogP contribution in [0.5, 0.6) is 5.75 Å². The molecule has 5 heteroatoms. The van der Waals surface area contributed by atoms with Crippen molar-refractivity contribution in [3.63, 3.8) is 0 Å². The molecule has 26 heavy (non-hydrogen) atoms. The lowest BCUT2D eigenvalue weighted by molar-refractivity contribution is 0.0769. The summed E-state index contributed by atoms with van der Waals surface area (Å²) in [7, 11) is 1.57. The van der Waals surface area contributed by atoms with Crippen molar-refractivity contribution in [3.8, 4) is 5.75 Å². The molecule has 1 amide bonds. The summed E-state index contributed by atoms with van der Waals surface area (Å²) in [6, 6.07) is 12.0. The zero-order chi connectivity index (χ0) is 18.1. The van der Waals surface area contributed by atoms with E-state index < -0.39 is 0 Å². The van der Waals surface area contributed by atoms with Gasteiger partial charge in [0.05, 0.1) is 12.7 Å². The molecule has 0 atom stereocenters. The Bertz CT molecular complexity index is 1010. The van der Waals surface area contributed by atoms with Gasteiger partial charge in [0, 0.05) is 35.8 Å². The van der Waals surface area contributed by atoms with Crippen LogP contribution in [0.15, 0.2) is 54.7 Å². The Morgan fingerprint density at radius 3 is 2.85 bits per heavy atom. The number of ether oxygens (including phenoxy) is 1. The number of aromatic nitrogens is 1. The van der Waals surface area contributed by atoms with Crippen LogP contribution in [-0.4, -0.2) is 36.0 Å². The summed E-state index contributed by atoms with van der Waals surface area (Å²) in [5.41, 5.74) is 3.61. The average Bonchev–Trinajstić information content (AvgIpc) is 3.10. The largest absolute Gasteiger partial charge is 0.496 e. The van der Waals surface area contributed by atoms with Crippen molar-refractivity contribution in [1.29, 1.82) is 0 Å². The van der Waals surface area contributed by atoms with E-state index in [1.165, 1.54) is 17.7 Å². The number of benzene rings is 2. The van der Waals surface area contributed by atoms with E-state index in [2.05, 4.69) is 11.1 Å². The lowest BCUT2D eigenvalue weighted by atomic mass is 9.98. The maximum absolute atomic E-state index is 13.4. The van der Waals surface area contributed by atoms with E-state index in [1.54, 1.807) is 25.3 Å². The summed E-state index contributed by atoms with van der Waals surface area (Å²) in [4.78, 5) is 17.7. The van der Waals surface area contributed by atoms with Crippen LogP contribution in [-0.2, 0) is 0 Å². The minimum atomic E-state index is -0.253. The molecular formula is C21H19FN2O2. The van der Waals surface area contributed by atoms with Crippen LogP contribution in [0.3, 0.4) is 0 Å². The highest BCUT2D eigenvalue weighted by atomic mass is 19.1. The summed E-state index contributed by atoms with van der Waals surface area (Å²) >= 11 is 0. The minimum Gasteiger partial charge on any atom is -0.496 e. The van der Waals surface area contributed by atoms with Gasteiger partial charge in [0.15, 0.2) is 0 Å². The number of aromatic amines is 1. The molecule has 0 bridgehead atoms. The van der Waals surface area contributed by atoms with E-state index in [1.807, 2.05) is 23.2 Å². The highest BCUT2D eigenvalue weighted by molar-refractivity contribution is 5.98. The molecule has 0 saturated carbocycles. The molecule has 3 aromatic rings. The van der Waals surface area contributed by atoms with E-state index >= 15 is 0 Å². The Labute approximate surface area is 150 Å². The lowest BCUT2D eigenvalue weighted by Gasteiger charge is -2.27. The van der Waals surface area contributed by atoms with Crippen LogP contribution in [0.2, 0.25) is 0 Å². The molecule has 0 fully saturated rings. The smallest absolute Gasteiger partial charge is 0.257 e. The first-order valence-electron chi connectivity index (χ1n) is 8.55. The molecule has 2 aromatic carbocycles. The fraction of sp³-hybridized carbons (Fsp3) is 0.190. The standard InChI is InChI=1S/C21H19FN2O2/c1-26-20-5-3-2-4-17(20)21(25)24-10-8-14(9-11-24)18-13-23-19-12-15(22)6-7-16(18)19/h2-8,12-13,23H,9-11H2,1H3. The topological polar surface area (TPSA) is 45.3 Å². The summed E-state index contributed by atoms with van der Waals surface area (Å²) in [6.07, 6.45) is 4.74. The van der Waals surface area contributed by atoms with Crippen LogP contribution < -0.4 is 4.74 Å². The first kappa shape index (κ1) is 16.4. The number of methoxy groups -OCH3 is 1. The van der Waals surface area contributed by atoms with E-state index in [9.17, 15) is 9.18 Å². The Kier molecular flexibility index (Phi) is 4.21. The summed E-state index contributed by atoms with van der Waals surface area (Å²) in [6.45, 7) is 1.18. The van der Waals surface area contributed by atoms with Gasteiger partial charge in [-0.3, -0.25) is 4.79 Å². The highest BCUT2D eigenvalue weighted by Gasteiger charge is 2.22. The van der Waals surface area contributed by atoms with Gasteiger partial charge in [0.1, 0.15) is 11.6 Å². The fourth-order valence-corrected chi connectivity index (χ4v) is 3.45. The van der Waals surface area contributed by atoms with Gasteiger partial charge in [-0.05, 0) is 42.3 Å². The molecular weight excluding hydrogens is 331 g/mol. The maximum Gasteiger partial charge on any atom is 0.257 e. The van der Waals surface area contributed by atoms with Gasteiger partial charge in [-0.25, -0.2) is 4.39 Å². The second kappa shape index (κ2) is 6.67. The van der Waals surface area contributed by atoms with Gasteiger partial charge in [-0.2, -0.15) is 0 Å². The summed E-state index contributed by atoms with van der Waals surface area (Å²) in [5.74, 6) is 0.307. The Morgan fingerprint density at radius 1 is 1.23 bits per heavy atom. The second-order valence-corrected chi connectivity index (χ2v) is 6.32. The first-order valence-corrected chi connectivity index (χ1v) is 8.55. The van der Waals surface area contributed by atoms with Gasteiger partial charge in [-0.15, -0.1) is 0 Å². The third-order valence-electron chi connectivity index (χ3n) is 4.82. The third-order valence-corrected chi connectivity index (χ3v) is 4.82. The highest BCUT2D eigenvalue weighted by Crippen LogP contribution is 2.30. The molecule has 0 saturated heterocycles. The number of fused-ring (bicyclic) bond motifs is 1. The quantitative estimate of drug-likeness (QED) is 0.768. The van der Waals surface area contributed by atoms with Crippen molar-refractivity contribution in [2.45, 2.75) is 6.42 Å². The van der Waals surface area contributed by atoms with Crippen LogP contribution in [0.25, 0.3) is 16.5 Å². The molecule has 0 spiro atoms. The number of amides is 1. The number of hydrogen-bond acceptors (Lipinski definition) is 2. The van der Waals surface area contributed by atoms with Crippen molar-refractivity contribution >= 4 is 22.4 Å². The number of carbonyl (C=O) groups excluding carboxylic acids is 1. The van der Waals surface area contributed by atoms with E-state index in [0.29, 0.717) is 24.4 Å². The predicted octanol–water partition coefficient (Wildman–Crippen LogP) is 4.25. The monoisotopic (exact) mass is 350 g/mol. The van der Waals surface area contributed by atoms with Crippen molar-refractivity contribution in [1.82, 2.24) is 9.88 Å². The molecule has 0 aliphatic carbocycles. The molecule has 1 aliphatic rings. The number of H-pyrrole nitrogens is 1. The second-order valence-electron chi connectivity index (χ2n) is 6.32. The zero-order valence-corrected chi connectivity index (χ0v) is 14.5. The number of carbonyl (C=O) groups is 1. The average molecular weight is 350 g/mol. The van der Waals surface area contributed by atoms with Gasteiger partial charge >= 0.3 is 0 Å². The SMILES string of the molecule is COc1ccccc1C(=O)N1CC=C(c2c[nH]c3cc(F)ccc23)CC1. The molecule has 0 radical (unpaired) electrons. The molecule has 4 rings (SSSR count). The van der Waals surface area contributed by atoms with Crippen molar-refractivity contribution in [2.24, 2.45) is 0 Å². The van der Waals surface area contributed by atoms with Crippen molar-refractivity contribution in [3.05, 3.63) is 71.7 Å². The molecule has 1 aromatic heterocycles. The fourth-order valence-electron chi connectivity index (χ4n) is 3.45. The van der Waals surface area contributed by atoms with E-state index in [-0.39, 0.29) is 11.7 Å². The Balaban J connectivity index is 1.57. The molecule has 0 unspecified atom stereocenters. The van der Waals surface area contributed by atoms with Gasteiger partial charge < -0.3 is 14.6 Å². The third kappa shape index (κ3) is 2.86. The lowest BCUT2D eigenvalue weighted by Crippen LogP contribution is -2.34. The number of para-hydroxylation sites is 1. The number of rotatable bonds is 3. The van der Waals surface area contributed by atoms with Crippen molar-refractivity contribution in [2.75, 3.05) is 20.2 Å². The van der Waals surface area contributed by atoms with Crippen LogP contribution >= 0.6 is 0 Å². The molecule has 1 N–H and O–H groups in total.